The molecule has 29 heavy (non-hydrogen) atoms. The van der Waals surface area contributed by atoms with Crippen molar-refractivity contribution in [3.8, 4) is 0 Å². The van der Waals surface area contributed by atoms with Gasteiger partial charge in [0, 0.05) is 32.7 Å². The van der Waals surface area contributed by atoms with Gasteiger partial charge in [0.25, 0.3) is 5.91 Å². The van der Waals surface area contributed by atoms with Crippen molar-refractivity contribution in [3.05, 3.63) is 59.1 Å². The van der Waals surface area contributed by atoms with E-state index in [1.54, 1.807) is 36.4 Å². The molecule has 0 aliphatic heterocycles. The molecule has 3 aromatic rings. The Labute approximate surface area is 186 Å². The highest BCUT2D eigenvalue weighted by Crippen LogP contribution is 2.23. The number of benzene rings is 2. The Morgan fingerprint density at radius 3 is 2.62 bits per heavy atom. The summed E-state index contributed by atoms with van der Waals surface area (Å²) in [5.74, 6) is 0.766. The van der Waals surface area contributed by atoms with Gasteiger partial charge in [0.1, 0.15) is 0 Å². The molecule has 0 fully saturated rings. The van der Waals surface area contributed by atoms with E-state index >= 15 is 0 Å². The van der Waals surface area contributed by atoms with Gasteiger partial charge >= 0.3 is 0 Å². The van der Waals surface area contributed by atoms with E-state index in [1.807, 2.05) is 19.1 Å². The Bertz CT molecular complexity index is 995. The first-order chi connectivity index (χ1) is 14.0. The van der Waals surface area contributed by atoms with Crippen LogP contribution in [-0.4, -0.2) is 32.7 Å². The van der Waals surface area contributed by atoms with Gasteiger partial charge in [-0.2, -0.15) is 9.36 Å². The summed E-state index contributed by atoms with van der Waals surface area (Å²) in [5, 5.41) is 7.27. The molecule has 2 aromatic carbocycles. The summed E-state index contributed by atoms with van der Waals surface area (Å²) in [5.41, 5.74) is 1.16. The monoisotopic (exact) mass is 464 g/mol. The third-order valence-electron chi connectivity index (χ3n) is 3.50. The largest absolute Gasteiger partial charge is 0.322 e. The van der Waals surface area contributed by atoms with Crippen LogP contribution in [0.1, 0.15) is 17.3 Å². The predicted octanol–water partition coefficient (Wildman–Crippen LogP) is 5.29. The van der Waals surface area contributed by atoms with Gasteiger partial charge in [0.05, 0.1) is 5.75 Å². The van der Waals surface area contributed by atoms with Gasteiger partial charge in [0.15, 0.2) is 0 Å². The van der Waals surface area contributed by atoms with Crippen molar-refractivity contribution in [1.29, 1.82) is 0 Å². The first-order valence-electron chi connectivity index (χ1n) is 8.59. The van der Waals surface area contributed by atoms with Crippen LogP contribution in [0, 0.1) is 0 Å². The molecule has 0 aliphatic rings. The topological polar surface area (TPSA) is 84.0 Å². The van der Waals surface area contributed by atoms with E-state index in [9.17, 15) is 9.59 Å². The first-order valence-corrected chi connectivity index (χ1v) is 11.7. The Morgan fingerprint density at radius 1 is 1.10 bits per heavy atom. The fourth-order valence-corrected chi connectivity index (χ4v) is 4.40. The zero-order chi connectivity index (χ0) is 20.6. The van der Waals surface area contributed by atoms with Crippen LogP contribution in [0.4, 0.5) is 10.8 Å². The van der Waals surface area contributed by atoms with Gasteiger partial charge in [-0.15, -0.1) is 11.8 Å². The maximum absolute atomic E-state index is 12.2. The van der Waals surface area contributed by atoms with Gasteiger partial charge < -0.3 is 5.32 Å². The van der Waals surface area contributed by atoms with Crippen molar-refractivity contribution in [2.75, 3.05) is 22.1 Å². The minimum atomic E-state index is -0.232. The minimum absolute atomic E-state index is 0.141. The summed E-state index contributed by atoms with van der Waals surface area (Å²) in [4.78, 5) is 29.5. The third-order valence-corrected chi connectivity index (χ3v) is 6.22. The number of anilines is 2. The van der Waals surface area contributed by atoms with Crippen LogP contribution >= 0.6 is 46.7 Å². The van der Waals surface area contributed by atoms with E-state index in [1.165, 1.54) is 35.1 Å². The van der Waals surface area contributed by atoms with E-state index < -0.39 is 0 Å². The molecular formula is C19H17ClN4O2S3. The van der Waals surface area contributed by atoms with Crippen LogP contribution in [-0.2, 0) is 4.79 Å². The minimum Gasteiger partial charge on any atom is -0.322 e. The molecule has 0 unspecified atom stereocenters. The highest BCUT2D eigenvalue weighted by Gasteiger charge is 2.10. The highest BCUT2D eigenvalue weighted by molar-refractivity contribution is 8.00. The highest BCUT2D eigenvalue weighted by atomic mass is 35.5. The van der Waals surface area contributed by atoms with E-state index in [-0.39, 0.29) is 17.6 Å². The number of thioether (sulfide) groups is 2. The molecule has 0 radical (unpaired) electrons. The SMILES string of the molecule is CCSc1nsc(NC(=O)CSc2ccc(NC(=O)c3cccc(Cl)c3)cc2)n1. The van der Waals surface area contributed by atoms with E-state index in [4.69, 9.17) is 11.6 Å². The number of hydrogen-bond donors (Lipinski definition) is 2. The number of rotatable bonds is 8. The lowest BCUT2D eigenvalue weighted by molar-refractivity contribution is -0.113. The second-order valence-electron chi connectivity index (χ2n) is 5.64. The summed E-state index contributed by atoms with van der Waals surface area (Å²) in [6, 6.07) is 14.1. The Balaban J connectivity index is 1.48. The number of carbonyl (C=O) groups is 2. The second-order valence-corrected chi connectivity index (χ2v) is 9.11. The molecule has 0 atom stereocenters. The summed E-state index contributed by atoms with van der Waals surface area (Å²) >= 11 is 10.0. The van der Waals surface area contributed by atoms with Crippen LogP contribution < -0.4 is 10.6 Å². The maximum Gasteiger partial charge on any atom is 0.255 e. The second kappa shape index (κ2) is 10.6. The molecule has 6 nitrogen and oxygen atoms in total. The third kappa shape index (κ3) is 6.74. The van der Waals surface area contributed by atoms with Gasteiger partial charge in [-0.05, 0) is 48.2 Å². The van der Waals surface area contributed by atoms with Crippen molar-refractivity contribution in [2.45, 2.75) is 17.0 Å². The van der Waals surface area contributed by atoms with E-state index in [0.717, 1.165) is 10.6 Å². The molecule has 0 saturated heterocycles. The molecule has 1 heterocycles. The molecule has 150 valence electrons. The molecule has 0 spiro atoms. The number of nitrogens with one attached hydrogen (secondary N) is 2. The average Bonchev–Trinajstić information content (AvgIpc) is 3.14. The van der Waals surface area contributed by atoms with E-state index in [2.05, 4.69) is 20.0 Å². The number of halogens is 1. The zero-order valence-electron chi connectivity index (χ0n) is 15.3. The van der Waals surface area contributed by atoms with Crippen LogP contribution in [0.25, 0.3) is 0 Å². The van der Waals surface area contributed by atoms with Crippen LogP contribution in [0.2, 0.25) is 5.02 Å². The number of carbonyl (C=O) groups excluding carboxylic acids is 2. The summed E-state index contributed by atoms with van der Waals surface area (Å²) in [7, 11) is 0. The Hall–Kier alpha value is -2.07. The van der Waals surface area contributed by atoms with Gasteiger partial charge in [-0.1, -0.05) is 36.4 Å². The molecule has 1 aromatic heterocycles. The smallest absolute Gasteiger partial charge is 0.255 e. The van der Waals surface area contributed by atoms with Crippen LogP contribution in [0.5, 0.6) is 0 Å². The normalized spacial score (nSPS) is 10.6. The van der Waals surface area contributed by atoms with Gasteiger partial charge in [0.2, 0.25) is 16.2 Å². The van der Waals surface area contributed by atoms with Gasteiger partial charge in [-0.25, -0.2) is 0 Å². The van der Waals surface area contributed by atoms with Crippen LogP contribution in [0.3, 0.4) is 0 Å². The van der Waals surface area contributed by atoms with Crippen molar-refractivity contribution < 1.29 is 9.59 Å². The first kappa shape index (κ1) is 21.6. The number of aromatic nitrogens is 2. The lowest BCUT2D eigenvalue weighted by atomic mass is 10.2. The Morgan fingerprint density at radius 2 is 1.90 bits per heavy atom. The molecule has 3 rings (SSSR count). The van der Waals surface area contributed by atoms with Crippen molar-refractivity contribution in [3.63, 3.8) is 0 Å². The van der Waals surface area contributed by atoms with Crippen molar-refractivity contribution >= 4 is 69.3 Å². The molecule has 2 amide bonds. The van der Waals surface area contributed by atoms with Gasteiger partial charge in [-0.3, -0.25) is 14.9 Å². The standard InChI is InChI=1S/C19H17ClN4O2S3/c1-2-27-19-23-18(29-24-19)22-16(25)11-28-15-8-6-14(7-9-15)21-17(26)12-4-3-5-13(20)10-12/h3-10H,2,11H2,1H3,(H,21,26)(H,22,23,24,25). The lowest BCUT2D eigenvalue weighted by Gasteiger charge is -2.07. The molecule has 0 bridgehead atoms. The number of hydrogen-bond acceptors (Lipinski definition) is 7. The Kier molecular flexibility index (Phi) is 7.93. The van der Waals surface area contributed by atoms with E-state index in [0.29, 0.717) is 26.6 Å². The molecular weight excluding hydrogens is 448 g/mol. The van der Waals surface area contributed by atoms with Crippen molar-refractivity contribution in [1.82, 2.24) is 9.36 Å². The summed E-state index contributed by atoms with van der Waals surface area (Å²) < 4.78 is 4.17. The maximum atomic E-state index is 12.2. The van der Waals surface area contributed by atoms with Crippen molar-refractivity contribution in [2.24, 2.45) is 0 Å². The molecule has 10 heteroatoms. The summed E-state index contributed by atoms with van der Waals surface area (Å²) in [6.07, 6.45) is 0. The number of nitrogens with zero attached hydrogens (tertiary/aromatic N) is 2. The molecule has 0 aliphatic carbocycles. The predicted molar refractivity (Wildman–Crippen MR) is 122 cm³/mol. The number of amides is 2. The molecule has 2 N–H and O–H groups in total. The molecule has 0 saturated carbocycles. The average molecular weight is 465 g/mol. The lowest BCUT2D eigenvalue weighted by Crippen LogP contribution is -2.13. The fourth-order valence-electron chi connectivity index (χ4n) is 2.22. The fraction of sp³-hybridized carbons (Fsp3) is 0.158. The van der Waals surface area contributed by atoms with Crippen LogP contribution in [0.15, 0.2) is 58.6 Å². The summed E-state index contributed by atoms with van der Waals surface area (Å²) in [6.45, 7) is 2.02. The quantitative estimate of drug-likeness (QED) is 0.441. The zero-order valence-corrected chi connectivity index (χ0v) is 18.6.